The Morgan fingerprint density at radius 1 is 1.15 bits per heavy atom. The van der Waals surface area contributed by atoms with E-state index < -0.39 is 23.9 Å². The van der Waals surface area contributed by atoms with E-state index in [-0.39, 0.29) is 23.0 Å². The van der Waals surface area contributed by atoms with Crippen LogP contribution in [0, 0.1) is 11.3 Å². The first kappa shape index (κ1) is 23.2. The quantitative estimate of drug-likeness (QED) is 0.305. The molecule has 0 spiro atoms. The van der Waals surface area contributed by atoms with Crippen LogP contribution in [0.5, 0.6) is 5.75 Å². The number of aromatic amines is 1. The fraction of sp³-hybridized carbons (Fsp3) is 0.250. The van der Waals surface area contributed by atoms with Crippen molar-refractivity contribution in [2.75, 3.05) is 5.43 Å². The van der Waals surface area contributed by atoms with Crippen molar-refractivity contribution in [3.05, 3.63) is 70.0 Å². The molecule has 2 heterocycles. The smallest absolute Gasteiger partial charge is 0.498 e. The molecule has 1 aliphatic heterocycles. The molecule has 10 heteroatoms. The lowest BCUT2D eigenvalue weighted by Gasteiger charge is -2.32. The summed E-state index contributed by atoms with van der Waals surface area (Å²) in [6.07, 6.45) is 1.51. The molecule has 34 heavy (non-hydrogen) atoms. The molecule has 172 valence electrons. The van der Waals surface area contributed by atoms with Crippen LogP contribution < -0.4 is 16.4 Å². The summed E-state index contributed by atoms with van der Waals surface area (Å²) in [5.41, 5.74) is 3.01. The second-order valence-corrected chi connectivity index (χ2v) is 8.89. The van der Waals surface area contributed by atoms with E-state index in [1.807, 2.05) is 39.8 Å². The van der Waals surface area contributed by atoms with Crippen LogP contribution in [0.25, 0.3) is 11.3 Å². The molecule has 0 atom stereocenters. The van der Waals surface area contributed by atoms with Crippen LogP contribution in [-0.4, -0.2) is 39.6 Å². The maximum Gasteiger partial charge on any atom is 0.498 e. The number of H-pyrrole nitrogens is 1. The van der Waals surface area contributed by atoms with Gasteiger partial charge >= 0.3 is 7.12 Å². The van der Waals surface area contributed by atoms with Crippen LogP contribution in [0.2, 0.25) is 0 Å². The van der Waals surface area contributed by atoms with Gasteiger partial charge in [-0.05, 0) is 51.5 Å². The van der Waals surface area contributed by atoms with Gasteiger partial charge < -0.3 is 14.4 Å². The monoisotopic (exact) mass is 457 g/mol. The van der Waals surface area contributed by atoms with Gasteiger partial charge in [-0.3, -0.25) is 9.78 Å². The molecule has 4 rings (SSSR count). The van der Waals surface area contributed by atoms with Crippen LogP contribution in [0.1, 0.15) is 38.8 Å². The number of nitriles is 1. The molecule has 0 unspecified atom stereocenters. The van der Waals surface area contributed by atoms with Gasteiger partial charge in [-0.15, -0.1) is 0 Å². The third-order valence-electron chi connectivity index (χ3n) is 6.02. The zero-order valence-electron chi connectivity index (χ0n) is 19.3. The minimum atomic E-state index is -0.726. The van der Waals surface area contributed by atoms with E-state index in [0.29, 0.717) is 16.6 Å². The Hall–Kier alpha value is -3.94. The Labute approximate surface area is 197 Å². The maximum absolute atomic E-state index is 12.4. The van der Waals surface area contributed by atoms with Crippen molar-refractivity contribution in [2.24, 2.45) is 5.10 Å². The Morgan fingerprint density at radius 3 is 2.47 bits per heavy atom. The highest BCUT2D eigenvalue weighted by Gasteiger charge is 2.52. The number of hydrogen-bond donors (Lipinski definition) is 3. The molecule has 1 saturated heterocycles. The predicted molar refractivity (Wildman–Crippen MR) is 130 cm³/mol. The Balaban J connectivity index is 1.57. The van der Waals surface area contributed by atoms with Crippen molar-refractivity contribution in [1.29, 1.82) is 5.26 Å². The maximum atomic E-state index is 12.4. The first-order valence-corrected chi connectivity index (χ1v) is 10.7. The standard InChI is InChI=1S/C24H24BN5O4/c1-23(2)24(3,4)34-25(33-23)18-12-15(10-11-19(18)31)14-27-30-22-28-20(16-8-6-5-7-9-16)17(13-26)21(32)29-22/h5-12,14,31H,1-4H3,(H2,28,29,30,32). The van der Waals surface area contributed by atoms with Crippen molar-refractivity contribution < 1.29 is 14.4 Å². The molecule has 3 N–H and O–H groups in total. The van der Waals surface area contributed by atoms with E-state index >= 15 is 0 Å². The van der Waals surface area contributed by atoms with Gasteiger partial charge in [-0.1, -0.05) is 30.3 Å². The highest BCUT2D eigenvalue weighted by atomic mass is 16.7. The lowest BCUT2D eigenvalue weighted by atomic mass is 9.77. The fourth-order valence-electron chi connectivity index (χ4n) is 3.41. The highest BCUT2D eigenvalue weighted by Crippen LogP contribution is 2.37. The summed E-state index contributed by atoms with van der Waals surface area (Å²) in [6, 6.07) is 15.8. The number of aromatic hydroxyl groups is 1. The number of phenols is 1. The molecular formula is C24H24BN5O4. The minimum absolute atomic E-state index is 0.0502. The van der Waals surface area contributed by atoms with Crippen molar-refractivity contribution >= 4 is 24.7 Å². The molecule has 2 aromatic carbocycles. The normalized spacial score (nSPS) is 16.5. The predicted octanol–water partition coefficient (Wildman–Crippen LogP) is 2.76. The second kappa shape index (κ2) is 8.78. The van der Waals surface area contributed by atoms with Crippen LogP contribution in [-0.2, 0) is 9.31 Å². The number of phenolic OH excluding ortho intramolecular Hbond substituents is 1. The molecule has 1 aliphatic rings. The second-order valence-electron chi connectivity index (χ2n) is 8.89. The largest absolute Gasteiger partial charge is 0.508 e. The van der Waals surface area contributed by atoms with Gasteiger partial charge in [0.25, 0.3) is 5.56 Å². The summed E-state index contributed by atoms with van der Waals surface area (Å²) in [6.45, 7) is 7.76. The zero-order valence-corrected chi connectivity index (χ0v) is 19.3. The SMILES string of the molecule is CC1(C)OB(c2cc(C=NNc3nc(-c4ccccc4)c(C#N)c(=O)[nH]3)ccc2O)OC1(C)C. The van der Waals surface area contributed by atoms with Crippen LogP contribution in [0.4, 0.5) is 5.95 Å². The van der Waals surface area contributed by atoms with Gasteiger partial charge in [-0.2, -0.15) is 10.4 Å². The number of hydrogen-bond acceptors (Lipinski definition) is 8. The molecule has 0 amide bonds. The molecule has 1 fully saturated rings. The third kappa shape index (κ3) is 4.44. The summed E-state index contributed by atoms with van der Waals surface area (Å²) >= 11 is 0. The fourth-order valence-corrected chi connectivity index (χ4v) is 3.41. The molecule has 3 aromatic rings. The topological polar surface area (TPSA) is 133 Å². The van der Waals surface area contributed by atoms with E-state index in [0.717, 1.165) is 0 Å². The number of anilines is 1. The highest BCUT2D eigenvalue weighted by molar-refractivity contribution is 6.63. The molecule has 0 aliphatic carbocycles. The van der Waals surface area contributed by atoms with Gasteiger partial charge in [0.05, 0.1) is 23.1 Å². The molecule has 9 nitrogen and oxygen atoms in total. The summed E-state index contributed by atoms with van der Waals surface area (Å²) < 4.78 is 12.1. The van der Waals surface area contributed by atoms with E-state index in [9.17, 15) is 15.2 Å². The van der Waals surface area contributed by atoms with Crippen molar-refractivity contribution in [3.8, 4) is 23.1 Å². The Bertz CT molecular complexity index is 1330. The Kier molecular flexibility index (Phi) is 6.00. The van der Waals surface area contributed by atoms with Crippen LogP contribution in [0.15, 0.2) is 58.4 Å². The summed E-state index contributed by atoms with van der Waals surface area (Å²) in [5, 5.41) is 23.9. The van der Waals surface area contributed by atoms with E-state index in [4.69, 9.17) is 9.31 Å². The first-order valence-electron chi connectivity index (χ1n) is 10.7. The lowest BCUT2D eigenvalue weighted by Crippen LogP contribution is -2.41. The minimum Gasteiger partial charge on any atom is -0.508 e. The average molecular weight is 457 g/mol. The molecular weight excluding hydrogens is 433 g/mol. The van der Waals surface area contributed by atoms with Gasteiger partial charge in [0.2, 0.25) is 5.95 Å². The summed E-state index contributed by atoms with van der Waals surface area (Å²) in [4.78, 5) is 19.2. The number of nitrogens with one attached hydrogen (secondary N) is 2. The summed E-state index contributed by atoms with van der Waals surface area (Å²) in [7, 11) is -0.726. The molecule has 0 bridgehead atoms. The van der Waals surface area contributed by atoms with Crippen LogP contribution >= 0.6 is 0 Å². The lowest BCUT2D eigenvalue weighted by molar-refractivity contribution is 0.00578. The van der Waals surface area contributed by atoms with Crippen molar-refractivity contribution in [2.45, 2.75) is 38.9 Å². The number of aromatic nitrogens is 2. The van der Waals surface area contributed by atoms with Gasteiger partial charge in [0, 0.05) is 11.0 Å². The van der Waals surface area contributed by atoms with Gasteiger partial charge in [-0.25, -0.2) is 10.4 Å². The number of benzene rings is 2. The number of nitrogens with zero attached hydrogens (tertiary/aromatic N) is 3. The van der Waals surface area contributed by atoms with Crippen molar-refractivity contribution in [3.63, 3.8) is 0 Å². The van der Waals surface area contributed by atoms with E-state index in [2.05, 4.69) is 20.5 Å². The number of hydrazone groups is 1. The average Bonchev–Trinajstić information content (AvgIpc) is 3.01. The molecule has 0 saturated carbocycles. The van der Waals surface area contributed by atoms with Gasteiger partial charge in [0.15, 0.2) is 0 Å². The Morgan fingerprint density at radius 2 is 1.82 bits per heavy atom. The first-order chi connectivity index (χ1) is 16.1. The van der Waals surface area contributed by atoms with E-state index in [1.54, 1.807) is 36.4 Å². The third-order valence-corrected chi connectivity index (χ3v) is 6.02. The summed E-state index contributed by atoms with van der Waals surface area (Å²) in [5.74, 6) is 0.137. The van der Waals surface area contributed by atoms with E-state index in [1.165, 1.54) is 12.3 Å². The molecule has 0 radical (unpaired) electrons. The number of rotatable bonds is 5. The van der Waals surface area contributed by atoms with Crippen LogP contribution in [0.3, 0.4) is 0 Å². The zero-order chi connectivity index (χ0) is 24.5. The van der Waals surface area contributed by atoms with Gasteiger partial charge in [0.1, 0.15) is 17.4 Å². The van der Waals surface area contributed by atoms with Crippen molar-refractivity contribution in [1.82, 2.24) is 9.97 Å². The molecule has 1 aromatic heterocycles.